The van der Waals surface area contributed by atoms with E-state index < -0.39 is 0 Å². The van der Waals surface area contributed by atoms with Gasteiger partial charge in [0.25, 0.3) is 0 Å². The third kappa shape index (κ3) is 1.44. The second-order valence-corrected chi connectivity index (χ2v) is 4.38. The number of phenols is 1. The van der Waals surface area contributed by atoms with Gasteiger partial charge in [0.2, 0.25) is 0 Å². The van der Waals surface area contributed by atoms with Crippen LogP contribution in [0.4, 0.5) is 0 Å². The van der Waals surface area contributed by atoms with E-state index in [4.69, 9.17) is 0 Å². The van der Waals surface area contributed by atoms with Crippen LogP contribution in [-0.2, 0) is 0 Å². The summed E-state index contributed by atoms with van der Waals surface area (Å²) in [5.41, 5.74) is 1.85. The molecule has 0 aliphatic rings. The van der Waals surface area contributed by atoms with E-state index in [1.54, 1.807) is 24.5 Å². The summed E-state index contributed by atoms with van der Waals surface area (Å²) < 4.78 is 0.828. The van der Waals surface area contributed by atoms with Crippen LogP contribution in [0, 0.1) is 0 Å². The van der Waals surface area contributed by atoms with Crippen LogP contribution in [0.3, 0.4) is 0 Å². The Balaban J connectivity index is 2.23. The highest BCUT2D eigenvalue weighted by Crippen LogP contribution is 2.34. The normalized spacial score (nSPS) is 10.8. The molecule has 0 fully saturated rings. The van der Waals surface area contributed by atoms with Gasteiger partial charge in [-0.3, -0.25) is 4.98 Å². The number of hydrogen-bond acceptors (Lipinski definition) is 4. The average molecular weight is 228 g/mol. The summed E-state index contributed by atoms with van der Waals surface area (Å²) in [5.74, 6) is 0.287. The number of aromatic nitrogens is 2. The fraction of sp³-hybridized carbons (Fsp3) is 0. The number of fused-ring (bicyclic) bond motifs is 1. The van der Waals surface area contributed by atoms with E-state index in [0.717, 1.165) is 20.8 Å². The van der Waals surface area contributed by atoms with Gasteiger partial charge in [-0.1, -0.05) is 6.07 Å². The lowest BCUT2D eigenvalue weighted by Gasteiger charge is -1.91. The molecule has 3 rings (SSSR count). The van der Waals surface area contributed by atoms with Gasteiger partial charge in [0.15, 0.2) is 0 Å². The number of nitrogens with zero attached hydrogens (tertiary/aromatic N) is 2. The molecule has 0 bridgehead atoms. The van der Waals surface area contributed by atoms with Crippen molar-refractivity contribution in [3.05, 3.63) is 42.7 Å². The lowest BCUT2D eigenvalue weighted by atomic mass is 10.3. The summed E-state index contributed by atoms with van der Waals surface area (Å²) in [5, 5.41) is 10.6. The van der Waals surface area contributed by atoms with Gasteiger partial charge in [-0.2, -0.15) is 0 Å². The lowest BCUT2D eigenvalue weighted by molar-refractivity contribution is 0.482. The molecule has 0 aliphatic heterocycles. The zero-order valence-electron chi connectivity index (χ0n) is 8.29. The summed E-state index contributed by atoms with van der Waals surface area (Å²) in [7, 11) is 0. The Kier molecular flexibility index (Phi) is 2.08. The summed E-state index contributed by atoms with van der Waals surface area (Å²) in [6.45, 7) is 0. The van der Waals surface area contributed by atoms with Gasteiger partial charge in [-0.25, -0.2) is 4.98 Å². The van der Waals surface area contributed by atoms with Gasteiger partial charge in [0.1, 0.15) is 10.8 Å². The van der Waals surface area contributed by atoms with Gasteiger partial charge in [-0.05, 0) is 24.3 Å². The van der Waals surface area contributed by atoms with Crippen LogP contribution in [0.5, 0.6) is 5.75 Å². The van der Waals surface area contributed by atoms with Crippen LogP contribution in [-0.4, -0.2) is 15.1 Å². The van der Waals surface area contributed by atoms with Crippen molar-refractivity contribution >= 4 is 21.6 Å². The van der Waals surface area contributed by atoms with Crippen molar-refractivity contribution in [3.8, 4) is 16.3 Å². The first kappa shape index (κ1) is 9.30. The van der Waals surface area contributed by atoms with Crippen LogP contribution in [0.2, 0.25) is 0 Å². The first-order chi connectivity index (χ1) is 7.84. The van der Waals surface area contributed by atoms with Crippen molar-refractivity contribution in [1.29, 1.82) is 0 Å². The third-order valence-electron chi connectivity index (χ3n) is 2.32. The maximum Gasteiger partial charge on any atom is 0.135 e. The molecule has 4 heteroatoms. The maximum absolute atomic E-state index is 9.69. The number of hydrogen-bond donors (Lipinski definition) is 1. The molecule has 3 aromatic rings. The van der Waals surface area contributed by atoms with Crippen LogP contribution in [0.1, 0.15) is 0 Å². The Labute approximate surface area is 96.0 Å². The molecule has 0 radical (unpaired) electrons. The van der Waals surface area contributed by atoms with E-state index in [1.807, 2.05) is 18.2 Å². The van der Waals surface area contributed by atoms with E-state index >= 15 is 0 Å². The topological polar surface area (TPSA) is 46.0 Å². The molecule has 2 heterocycles. The minimum Gasteiger partial charge on any atom is -0.506 e. The number of rotatable bonds is 1. The largest absolute Gasteiger partial charge is 0.506 e. The third-order valence-corrected chi connectivity index (χ3v) is 3.46. The minimum absolute atomic E-state index is 0.287. The predicted molar refractivity (Wildman–Crippen MR) is 64.5 cm³/mol. The maximum atomic E-state index is 9.69. The first-order valence-corrected chi connectivity index (χ1v) is 5.65. The molecule has 0 spiro atoms. The number of benzene rings is 1. The van der Waals surface area contributed by atoms with Crippen molar-refractivity contribution in [2.75, 3.05) is 0 Å². The van der Waals surface area contributed by atoms with E-state index in [0.29, 0.717) is 0 Å². The number of pyridine rings is 1. The highest BCUT2D eigenvalue weighted by atomic mass is 32.1. The molecule has 2 aromatic heterocycles. The molecule has 16 heavy (non-hydrogen) atoms. The number of thiazole rings is 1. The van der Waals surface area contributed by atoms with Crippen molar-refractivity contribution in [2.24, 2.45) is 0 Å². The zero-order valence-corrected chi connectivity index (χ0v) is 9.11. The summed E-state index contributed by atoms with van der Waals surface area (Å²) in [6.07, 6.45) is 3.47. The summed E-state index contributed by atoms with van der Waals surface area (Å²) >= 11 is 1.49. The fourth-order valence-electron chi connectivity index (χ4n) is 1.55. The molecule has 0 amide bonds. The molecule has 1 aromatic carbocycles. The molecule has 1 N–H and O–H groups in total. The molecule has 3 nitrogen and oxygen atoms in total. The number of aromatic hydroxyl groups is 1. The van der Waals surface area contributed by atoms with Crippen molar-refractivity contribution in [2.45, 2.75) is 0 Å². The zero-order chi connectivity index (χ0) is 11.0. The highest BCUT2D eigenvalue weighted by Gasteiger charge is 2.08. The molecule has 0 saturated carbocycles. The molecular weight excluding hydrogens is 220 g/mol. The summed E-state index contributed by atoms with van der Waals surface area (Å²) in [6, 6.07) is 9.20. The Bertz CT molecular complexity index is 634. The van der Waals surface area contributed by atoms with Crippen molar-refractivity contribution in [3.63, 3.8) is 0 Å². The molecule has 78 valence electrons. The van der Waals surface area contributed by atoms with Crippen LogP contribution >= 0.6 is 11.3 Å². The van der Waals surface area contributed by atoms with Crippen LogP contribution in [0.25, 0.3) is 20.8 Å². The minimum atomic E-state index is 0.287. The second kappa shape index (κ2) is 3.57. The van der Waals surface area contributed by atoms with Crippen molar-refractivity contribution in [1.82, 2.24) is 9.97 Å². The smallest absolute Gasteiger partial charge is 0.135 e. The lowest BCUT2D eigenvalue weighted by Crippen LogP contribution is -1.75. The Morgan fingerprint density at radius 2 is 1.88 bits per heavy atom. The Hall–Kier alpha value is -1.94. The van der Waals surface area contributed by atoms with Crippen molar-refractivity contribution < 1.29 is 5.11 Å². The Morgan fingerprint density at radius 1 is 1.06 bits per heavy atom. The predicted octanol–water partition coefficient (Wildman–Crippen LogP) is 3.06. The molecular formula is C12H8N2OS. The van der Waals surface area contributed by atoms with E-state index in [2.05, 4.69) is 9.97 Å². The fourth-order valence-corrected chi connectivity index (χ4v) is 2.53. The highest BCUT2D eigenvalue weighted by molar-refractivity contribution is 7.22. The SMILES string of the molecule is Oc1cccc2nc(-c3ccncc3)sc12. The molecule has 0 unspecified atom stereocenters. The first-order valence-electron chi connectivity index (χ1n) is 4.83. The monoisotopic (exact) mass is 228 g/mol. The van der Waals surface area contributed by atoms with Gasteiger partial charge < -0.3 is 5.11 Å². The Morgan fingerprint density at radius 3 is 2.62 bits per heavy atom. The summed E-state index contributed by atoms with van der Waals surface area (Å²) in [4.78, 5) is 8.44. The van der Waals surface area contributed by atoms with Gasteiger partial charge >= 0.3 is 0 Å². The van der Waals surface area contributed by atoms with Crippen LogP contribution < -0.4 is 0 Å². The van der Waals surface area contributed by atoms with E-state index in [-0.39, 0.29) is 5.75 Å². The molecule has 0 aliphatic carbocycles. The van der Waals surface area contributed by atoms with Gasteiger partial charge in [-0.15, -0.1) is 11.3 Å². The number of phenolic OH excluding ortho intramolecular Hbond substituents is 1. The quantitative estimate of drug-likeness (QED) is 0.696. The van der Waals surface area contributed by atoms with Gasteiger partial charge in [0.05, 0.1) is 10.2 Å². The van der Waals surface area contributed by atoms with Gasteiger partial charge in [0, 0.05) is 18.0 Å². The van der Waals surface area contributed by atoms with E-state index in [1.165, 1.54) is 11.3 Å². The molecule has 0 atom stereocenters. The standard InChI is InChI=1S/C12H8N2OS/c15-10-3-1-2-9-11(10)16-12(14-9)8-4-6-13-7-5-8/h1-7,15H. The second-order valence-electron chi connectivity index (χ2n) is 3.38. The average Bonchev–Trinajstić information content (AvgIpc) is 2.76. The molecule has 0 saturated heterocycles. The van der Waals surface area contributed by atoms with Crippen LogP contribution in [0.15, 0.2) is 42.7 Å². The van der Waals surface area contributed by atoms with E-state index in [9.17, 15) is 5.11 Å².